The summed E-state index contributed by atoms with van der Waals surface area (Å²) in [5, 5.41) is 6.17. The van der Waals surface area contributed by atoms with Crippen molar-refractivity contribution in [1.29, 1.82) is 0 Å². The fourth-order valence-electron chi connectivity index (χ4n) is 2.54. The first kappa shape index (κ1) is 17.5. The van der Waals surface area contributed by atoms with Crippen molar-refractivity contribution in [3.8, 4) is 5.75 Å². The maximum absolute atomic E-state index is 12.4. The van der Waals surface area contributed by atoms with Gasteiger partial charge in [0.05, 0.1) is 7.11 Å². The lowest BCUT2D eigenvalue weighted by atomic mass is 10.1. The standard InChI is InChI=1S/C21H21N3O2/c1-15-5-3-4-6-16(15)14-23-18-11-12-22-20(13-18)21(25)24-17-7-9-19(26-2)10-8-17/h3-13H,14H2,1-2H3,(H,22,23)(H,24,25). The molecule has 0 saturated heterocycles. The van der Waals surface area contributed by atoms with Crippen LogP contribution in [0.3, 0.4) is 0 Å². The maximum atomic E-state index is 12.4. The molecule has 1 amide bonds. The van der Waals surface area contributed by atoms with Crippen LogP contribution in [-0.2, 0) is 6.54 Å². The molecule has 2 N–H and O–H groups in total. The molecule has 0 bridgehead atoms. The fraction of sp³-hybridized carbons (Fsp3) is 0.143. The van der Waals surface area contributed by atoms with Crippen LogP contribution in [0.15, 0.2) is 66.9 Å². The Bertz CT molecular complexity index is 892. The largest absolute Gasteiger partial charge is 0.497 e. The number of nitrogens with one attached hydrogen (secondary N) is 2. The van der Waals surface area contributed by atoms with E-state index in [1.165, 1.54) is 11.1 Å². The summed E-state index contributed by atoms with van der Waals surface area (Å²) in [6.07, 6.45) is 1.63. The lowest BCUT2D eigenvalue weighted by Crippen LogP contribution is -2.14. The van der Waals surface area contributed by atoms with Crippen LogP contribution in [0.1, 0.15) is 21.6 Å². The molecule has 1 heterocycles. The summed E-state index contributed by atoms with van der Waals surface area (Å²) in [6.45, 7) is 2.77. The maximum Gasteiger partial charge on any atom is 0.274 e. The Morgan fingerprint density at radius 3 is 2.54 bits per heavy atom. The molecule has 0 aliphatic rings. The molecule has 26 heavy (non-hydrogen) atoms. The summed E-state index contributed by atoms with van der Waals surface area (Å²) in [4.78, 5) is 16.6. The number of carbonyl (C=O) groups is 1. The SMILES string of the molecule is COc1ccc(NC(=O)c2cc(NCc3ccccc3C)ccn2)cc1. The number of hydrogen-bond donors (Lipinski definition) is 2. The summed E-state index contributed by atoms with van der Waals surface area (Å²) in [7, 11) is 1.60. The minimum absolute atomic E-state index is 0.255. The molecule has 2 aromatic carbocycles. The van der Waals surface area contributed by atoms with E-state index in [4.69, 9.17) is 4.74 Å². The molecular formula is C21H21N3O2. The van der Waals surface area contributed by atoms with Crippen LogP contribution in [0.4, 0.5) is 11.4 Å². The summed E-state index contributed by atoms with van der Waals surface area (Å²) in [6, 6.07) is 19.0. The van der Waals surface area contributed by atoms with Crippen LogP contribution < -0.4 is 15.4 Å². The number of aromatic nitrogens is 1. The number of anilines is 2. The number of rotatable bonds is 6. The second-order valence-corrected chi connectivity index (χ2v) is 5.89. The molecule has 0 aliphatic heterocycles. The van der Waals surface area contributed by atoms with Crippen LogP contribution in [0.25, 0.3) is 0 Å². The minimum atomic E-state index is -0.255. The number of benzene rings is 2. The van der Waals surface area contributed by atoms with Gasteiger partial charge in [0, 0.05) is 24.1 Å². The molecule has 0 spiro atoms. The van der Waals surface area contributed by atoms with Crippen LogP contribution >= 0.6 is 0 Å². The summed E-state index contributed by atoms with van der Waals surface area (Å²) in [5.41, 5.74) is 4.34. The Morgan fingerprint density at radius 1 is 1.04 bits per heavy atom. The first-order valence-electron chi connectivity index (χ1n) is 8.35. The van der Waals surface area contributed by atoms with Gasteiger partial charge < -0.3 is 15.4 Å². The van der Waals surface area contributed by atoms with Crippen molar-refractivity contribution in [3.05, 3.63) is 83.7 Å². The van der Waals surface area contributed by atoms with Crippen molar-refractivity contribution in [2.75, 3.05) is 17.7 Å². The number of methoxy groups -OCH3 is 1. The van der Waals surface area contributed by atoms with Gasteiger partial charge in [-0.15, -0.1) is 0 Å². The molecule has 0 unspecified atom stereocenters. The van der Waals surface area contributed by atoms with Gasteiger partial charge in [0.1, 0.15) is 11.4 Å². The van der Waals surface area contributed by atoms with Gasteiger partial charge in [0.25, 0.3) is 5.91 Å². The van der Waals surface area contributed by atoms with E-state index in [9.17, 15) is 4.79 Å². The number of amides is 1. The van der Waals surface area contributed by atoms with Gasteiger partial charge in [0.15, 0.2) is 0 Å². The lowest BCUT2D eigenvalue weighted by molar-refractivity contribution is 0.102. The first-order valence-corrected chi connectivity index (χ1v) is 8.35. The van der Waals surface area contributed by atoms with E-state index in [0.29, 0.717) is 17.9 Å². The Hall–Kier alpha value is -3.34. The van der Waals surface area contributed by atoms with E-state index in [1.807, 2.05) is 18.2 Å². The zero-order valence-electron chi connectivity index (χ0n) is 14.8. The first-order chi connectivity index (χ1) is 12.7. The van der Waals surface area contributed by atoms with Crippen molar-refractivity contribution in [2.24, 2.45) is 0 Å². The zero-order valence-corrected chi connectivity index (χ0v) is 14.8. The van der Waals surface area contributed by atoms with E-state index in [-0.39, 0.29) is 5.91 Å². The zero-order chi connectivity index (χ0) is 18.4. The van der Waals surface area contributed by atoms with Crippen molar-refractivity contribution < 1.29 is 9.53 Å². The van der Waals surface area contributed by atoms with Gasteiger partial charge in [-0.1, -0.05) is 24.3 Å². The van der Waals surface area contributed by atoms with Gasteiger partial charge in [-0.3, -0.25) is 9.78 Å². The molecule has 3 aromatic rings. The normalized spacial score (nSPS) is 10.2. The molecule has 132 valence electrons. The Labute approximate surface area is 153 Å². The highest BCUT2D eigenvalue weighted by atomic mass is 16.5. The summed E-state index contributed by atoms with van der Waals surface area (Å²) in [5.74, 6) is 0.484. The quantitative estimate of drug-likeness (QED) is 0.699. The molecule has 3 rings (SSSR count). The van der Waals surface area contributed by atoms with E-state index < -0.39 is 0 Å². The van der Waals surface area contributed by atoms with Crippen molar-refractivity contribution in [2.45, 2.75) is 13.5 Å². The Morgan fingerprint density at radius 2 is 1.81 bits per heavy atom. The average Bonchev–Trinajstić information content (AvgIpc) is 2.68. The fourth-order valence-corrected chi connectivity index (χ4v) is 2.54. The van der Waals surface area contributed by atoms with E-state index in [2.05, 4.69) is 34.7 Å². The predicted octanol–water partition coefficient (Wildman–Crippen LogP) is 4.26. The predicted molar refractivity (Wildman–Crippen MR) is 104 cm³/mol. The second kappa shape index (κ2) is 8.16. The van der Waals surface area contributed by atoms with Crippen LogP contribution in [0.2, 0.25) is 0 Å². The Kier molecular flexibility index (Phi) is 5.49. The van der Waals surface area contributed by atoms with Crippen molar-refractivity contribution >= 4 is 17.3 Å². The molecule has 0 saturated carbocycles. The van der Waals surface area contributed by atoms with Crippen LogP contribution in [0, 0.1) is 6.92 Å². The van der Waals surface area contributed by atoms with E-state index >= 15 is 0 Å². The number of carbonyl (C=O) groups excluding carboxylic acids is 1. The Balaban J connectivity index is 1.66. The second-order valence-electron chi connectivity index (χ2n) is 5.89. The summed E-state index contributed by atoms with van der Waals surface area (Å²) >= 11 is 0. The van der Waals surface area contributed by atoms with E-state index in [0.717, 1.165) is 11.4 Å². The highest BCUT2D eigenvalue weighted by Crippen LogP contribution is 2.17. The van der Waals surface area contributed by atoms with Crippen molar-refractivity contribution in [3.63, 3.8) is 0 Å². The van der Waals surface area contributed by atoms with Gasteiger partial charge in [0.2, 0.25) is 0 Å². The molecule has 0 aliphatic carbocycles. The number of pyridine rings is 1. The third-order valence-electron chi connectivity index (χ3n) is 4.08. The van der Waals surface area contributed by atoms with Crippen LogP contribution in [-0.4, -0.2) is 18.0 Å². The summed E-state index contributed by atoms with van der Waals surface area (Å²) < 4.78 is 5.11. The average molecular weight is 347 g/mol. The molecule has 1 aromatic heterocycles. The lowest BCUT2D eigenvalue weighted by Gasteiger charge is -2.10. The van der Waals surface area contributed by atoms with Gasteiger partial charge in [-0.25, -0.2) is 0 Å². The molecule has 0 fully saturated rings. The molecule has 5 heteroatoms. The number of aryl methyl sites for hydroxylation is 1. The van der Waals surface area contributed by atoms with Crippen LogP contribution in [0.5, 0.6) is 5.75 Å². The topological polar surface area (TPSA) is 63.2 Å². The smallest absolute Gasteiger partial charge is 0.274 e. The van der Waals surface area contributed by atoms with Gasteiger partial charge in [-0.05, 0) is 54.4 Å². The highest BCUT2D eigenvalue weighted by Gasteiger charge is 2.09. The minimum Gasteiger partial charge on any atom is -0.497 e. The molecule has 0 radical (unpaired) electrons. The van der Waals surface area contributed by atoms with E-state index in [1.54, 1.807) is 43.6 Å². The third kappa shape index (κ3) is 4.39. The van der Waals surface area contributed by atoms with Gasteiger partial charge in [-0.2, -0.15) is 0 Å². The highest BCUT2D eigenvalue weighted by molar-refractivity contribution is 6.03. The number of nitrogens with zero attached hydrogens (tertiary/aromatic N) is 1. The van der Waals surface area contributed by atoms with Gasteiger partial charge >= 0.3 is 0 Å². The molecular weight excluding hydrogens is 326 g/mol. The molecule has 5 nitrogen and oxygen atoms in total. The molecule has 0 atom stereocenters. The van der Waals surface area contributed by atoms with Crippen molar-refractivity contribution in [1.82, 2.24) is 4.98 Å². The third-order valence-corrected chi connectivity index (χ3v) is 4.08. The monoisotopic (exact) mass is 347 g/mol. The number of hydrogen-bond acceptors (Lipinski definition) is 4. The number of ether oxygens (including phenoxy) is 1.